The van der Waals surface area contributed by atoms with E-state index in [2.05, 4.69) is 36.1 Å². The van der Waals surface area contributed by atoms with E-state index >= 15 is 0 Å². The molecule has 130 valence electrons. The average Bonchev–Trinajstić information content (AvgIpc) is 2.96. The minimum atomic E-state index is -1.59. The lowest BCUT2D eigenvalue weighted by Crippen LogP contribution is -2.26. The van der Waals surface area contributed by atoms with Crippen molar-refractivity contribution < 1.29 is 4.55 Å². The van der Waals surface area contributed by atoms with Crippen LogP contribution in [0, 0.1) is 0 Å². The van der Waals surface area contributed by atoms with Crippen LogP contribution >= 0.6 is 11.1 Å². The van der Waals surface area contributed by atoms with Crippen LogP contribution in [0.2, 0.25) is 0 Å². The molecule has 25 heavy (non-hydrogen) atoms. The molecule has 0 fully saturated rings. The normalized spacial score (nSPS) is 11.3. The van der Waals surface area contributed by atoms with E-state index in [0.717, 1.165) is 25.3 Å². The zero-order chi connectivity index (χ0) is 17.5. The van der Waals surface area contributed by atoms with Crippen molar-refractivity contribution in [1.82, 2.24) is 13.7 Å². The van der Waals surface area contributed by atoms with Crippen LogP contribution in [0.5, 0.6) is 0 Å². The summed E-state index contributed by atoms with van der Waals surface area (Å²) < 4.78 is 18.7. The van der Waals surface area contributed by atoms with Crippen LogP contribution in [0.3, 0.4) is 0 Å². The van der Waals surface area contributed by atoms with Gasteiger partial charge in [0.2, 0.25) is 11.6 Å². The molecule has 8 heteroatoms. The maximum atomic E-state index is 11.2. The fraction of sp³-hybridized carbons (Fsp3) is 0.235. The van der Waals surface area contributed by atoms with Crippen LogP contribution in [0.1, 0.15) is 12.0 Å². The first-order valence-corrected chi connectivity index (χ1v) is 9.08. The number of nitrogens with two attached hydrogens (primary N) is 1. The summed E-state index contributed by atoms with van der Waals surface area (Å²) in [5.41, 5.74) is 6.88. The molecular weight excluding hydrogens is 336 g/mol. The summed E-state index contributed by atoms with van der Waals surface area (Å²) in [4.78, 5) is 6.68. The molecule has 0 radical (unpaired) electrons. The zero-order valence-electron chi connectivity index (χ0n) is 13.7. The molecule has 0 aliphatic heterocycles. The van der Waals surface area contributed by atoms with E-state index in [-0.39, 0.29) is 5.82 Å². The first-order chi connectivity index (χ1) is 12.2. The summed E-state index contributed by atoms with van der Waals surface area (Å²) in [6.07, 6.45) is 2.65. The lowest BCUT2D eigenvalue weighted by Gasteiger charge is -2.24. The number of hydrogen-bond donors (Lipinski definition) is 2. The van der Waals surface area contributed by atoms with Gasteiger partial charge in [0.05, 0.1) is 0 Å². The fourth-order valence-electron chi connectivity index (χ4n) is 2.49. The van der Waals surface area contributed by atoms with Crippen LogP contribution in [0.25, 0.3) is 0 Å². The van der Waals surface area contributed by atoms with E-state index in [1.165, 1.54) is 5.56 Å². The highest BCUT2D eigenvalue weighted by molar-refractivity contribution is 7.14. The molecule has 0 amide bonds. The quantitative estimate of drug-likeness (QED) is 0.472. The molecule has 0 bridgehead atoms. The SMILES string of the molecule is Nc1n[s+]([O-])nc1NCCCN(Cc1ccccc1)c1ccccn1. The first-order valence-electron chi connectivity index (χ1n) is 8.01. The smallest absolute Gasteiger partial charge is 0.232 e. The van der Waals surface area contributed by atoms with Crippen LogP contribution in [0.4, 0.5) is 17.5 Å². The number of nitrogens with one attached hydrogen (secondary N) is 1. The van der Waals surface area contributed by atoms with E-state index in [9.17, 15) is 4.55 Å². The molecule has 1 atom stereocenters. The molecule has 0 saturated carbocycles. The molecule has 2 heterocycles. The number of pyridine rings is 1. The number of hydrogen-bond acceptors (Lipinski definition) is 7. The van der Waals surface area contributed by atoms with Gasteiger partial charge < -0.3 is 20.5 Å². The molecule has 7 nitrogen and oxygen atoms in total. The van der Waals surface area contributed by atoms with Gasteiger partial charge in [0.25, 0.3) is 0 Å². The van der Waals surface area contributed by atoms with Gasteiger partial charge in [-0.05, 0) is 24.1 Å². The van der Waals surface area contributed by atoms with Gasteiger partial charge in [0.15, 0.2) is 11.1 Å². The van der Waals surface area contributed by atoms with E-state index in [4.69, 9.17) is 5.73 Å². The summed E-state index contributed by atoms with van der Waals surface area (Å²) in [5.74, 6) is 1.54. The van der Waals surface area contributed by atoms with E-state index in [1.807, 2.05) is 36.4 Å². The van der Waals surface area contributed by atoms with Crippen LogP contribution in [-0.2, 0) is 6.54 Å². The van der Waals surface area contributed by atoms with Crippen LogP contribution in [0.15, 0.2) is 54.7 Å². The average molecular weight is 356 g/mol. The number of rotatable bonds is 8. The predicted molar refractivity (Wildman–Crippen MR) is 99.9 cm³/mol. The largest absolute Gasteiger partial charge is 0.546 e. The minimum absolute atomic E-state index is 0.198. The molecule has 1 aromatic carbocycles. The van der Waals surface area contributed by atoms with Crippen LogP contribution < -0.4 is 16.0 Å². The third-order valence-electron chi connectivity index (χ3n) is 3.68. The number of aromatic nitrogens is 3. The van der Waals surface area contributed by atoms with Gasteiger partial charge in [-0.15, -0.1) is 0 Å². The van der Waals surface area contributed by atoms with Gasteiger partial charge in [0, 0.05) is 34.6 Å². The Morgan fingerprint density at radius 3 is 2.56 bits per heavy atom. The molecule has 3 aromatic rings. The summed E-state index contributed by atoms with van der Waals surface area (Å²) in [5, 5.41) is 3.09. The summed E-state index contributed by atoms with van der Waals surface area (Å²) in [7, 11) is 0. The van der Waals surface area contributed by atoms with Gasteiger partial charge in [0.1, 0.15) is 5.82 Å². The molecule has 0 saturated heterocycles. The van der Waals surface area contributed by atoms with Crippen molar-refractivity contribution in [1.29, 1.82) is 0 Å². The second-order valence-electron chi connectivity index (χ2n) is 5.52. The monoisotopic (exact) mass is 356 g/mol. The van der Waals surface area contributed by atoms with Crippen LogP contribution in [-0.4, -0.2) is 31.4 Å². The Morgan fingerprint density at radius 2 is 1.88 bits per heavy atom. The Morgan fingerprint density at radius 1 is 1.08 bits per heavy atom. The fourth-order valence-corrected chi connectivity index (χ4v) is 3.10. The number of nitrogens with zero attached hydrogens (tertiary/aromatic N) is 4. The Kier molecular flexibility index (Phi) is 5.76. The molecule has 0 aliphatic carbocycles. The highest BCUT2D eigenvalue weighted by Gasteiger charge is 2.12. The Balaban J connectivity index is 1.59. The van der Waals surface area contributed by atoms with Gasteiger partial charge >= 0.3 is 0 Å². The third-order valence-corrected chi connectivity index (χ3v) is 4.37. The van der Waals surface area contributed by atoms with Crippen molar-refractivity contribution in [3.63, 3.8) is 0 Å². The predicted octanol–water partition coefficient (Wildman–Crippen LogP) is 2.69. The van der Waals surface area contributed by atoms with Crippen molar-refractivity contribution in [3.8, 4) is 0 Å². The number of anilines is 3. The molecule has 0 spiro atoms. The maximum absolute atomic E-state index is 11.2. The Bertz CT molecular complexity index is 780. The standard InChI is InChI=1S/C17H20N6OS/c18-16-17(22-25(24)21-16)20-11-6-12-23(15-9-4-5-10-19-15)13-14-7-2-1-3-8-14/h1-5,7-10H,6,11-13H2,(H2,18,21)(H,20,22). The minimum Gasteiger partial charge on any atom is -0.546 e. The van der Waals surface area contributed by atoms with Gasteiger partial charge in [-0.1, -0.05) is 36.4 Å². The highest BCUT2D eigenvalue weighted by atomic mass is 32.2. The first kappa shape index (κ1) is 17.1. The van der Waals surface area contributed by atoms with E-state index < -0.39 is 11.1 Å². The van der Waals surface area contributed by atoms with E-state index in [1.54, 1.807) is 6.20 Å². The molecule has 0 aliphatic rings. The number of nitrogen functional groups attached to an aromatic ring is 1. The topological polar surface area (TPSA) is 103 Å². The Labute approximate surface area is 149 Å². The van der Waals surface area contributed by atoms with Crippen molar-refractivity contribution in [2.24, 2.45) is 0 Å². The van der Waals surface area contributed by atoms with Gasteiger partial charge in [-0.2, -0.15) is 0 Å². The molecule has 2 aromatic heterocycles. The third kappa shape index (κ3) is 4.88. The van der Waals surface area contributed by atoms with Crippen molar-refractivity contribution in [2.75, 3.05) is 29.0 Å². The number of benzene rings is 1. The second kappa shape index (κ2) is 8.41. The summed E-state index contributed by atoms with van der Waals surface area (Å²) in [6, 6.07) is 16.2. The molecular formula is C17H20N6OS. The summed E-state index contributed by atoms with van der Waals surface area (Å²) in [6.45, 7) is 2.25. The van der Waals surface area contributed by atoms with Crippen molar-refractivity contribution in [2.45, 2.75) is 13.0 Å². The Hall–Kier alpha value is -2.71. The maximum Gasteiger partial charge on any atom is 0.232 e. The highest BCUT2D eigenvalue weighted by Crippen LogP contribution is 2.19. The zero-order valence-corrected chi connectivity index (χ0v) is 14.5. The summed E-state index contributed by atoms with van der Waals surface area (Å²) >= 11 is -1.59. The van der Waals surface area contributed by atoms with Gasteiger partial charge in [-0.25, -0.2) is 4.98 Å². The van der Waals surface area contributed by atoms with Crippen molar-refractivity contribution >= 4 is 28.6 Å². The molecule has 3 N–H and O–H groups in total. The molecule has 1 unspecified atom stereocenters. The van der Waals surface area contributed by atoms with E-state index in [0.29, 0.717) is 12.4 Å². The van der Waals surface area contributed by atoms with Gasteiger partial charge in [-0.3, -0.25) is 0 Å². The lowest BCUT2D eigenvalue weighted by molar-refractivity contribution is 0.585. The van der Waals surface area contributed by atoms with Crippen molar-refractivity contribution in [3.05, 3.63) is 60.3 Å². The second-order valence-corrected chi connectivity index (χ2v) is 6.35. The molecule has 3 rings (SSSR count). The lowest BCUT2D eigenvalue weighted by atomic mass is 10.2.